The highest BCUT2D eigenvalue weighted by Crippen LogP contribution is 2.31. The van der Waals surface area contributed by atoms with Crippen LogP contribution in [0.2, 0.25) is 0 Å². The van der Waals surface area contributed by atoms with Crippen LogP contribution in [0.3, 0.4) is 0 Å². The van der Waals surface area contributed by atoms with E-state index in [4.69, 9.17) is 18.9 Å². The molecular formula is C18H15FO6. The molecule has 0 spiro atoms. The van der Waals surface area contributed by atoms with Gasteiger partial charge in [-0.15, -0.1) is 0 Å². The molecule has 0 fully saturated rings. The zero-order chi connectivity index (χ0) is 17.8. The minimum absolute atomic E-state index is 0.0127. The average molecular weight is 346 g/mol. The third-order valence-electron chi connectivity index (χ3n) is 3.59. The van der Waals surface area contributed by atoms with E-state index in [2.05, 4.69) is 0 Å². The van der Waals surface area contributed by atoms with Crippen molar-refractivity contribution in [2.75, 3.05) is 20.3 Å². The van der Waals surface area contributed by atoms with Gasteiger partial charge in [-0.2, -0.15) is 0 Å². The van der Waals surface area contributed by atoms with Crippen LogP contribution in [-0.2, 0) is 9.53 Å². The average Bonchev–Trinajstić information content (AvgIpc) is 2.65. The van der Waals surface area contributed by atoms with Crippen molar-refractivity contribution in [1.82, 2.24) is 0 Å². The number of fused-ring (bicyclic) bond motifs is 1. The highest BCUT2D eigenvalue weighted by atomic mass is 19.1. The van der Waals surface area contributed by atoms with Crippen molar-refractivity contribution in [1.29, 1.82) is 0 Å². The number of rotatable bonds is 5. The number of ether oxygens (including phenoxy) is 4. The lowest BCUT2D eigenvalue weighted by Crippen LogP contribution is -2.38. The molecule has 0 bridgehead atoms. The van der Waals surface area contributed by atoms with Crippen molar-refractivity contribution in [2.24, 2.45) is 0 Å². The quantitative estimate of drug-likeness (QED) is 0.612. The smallest absolute Gasteiger partial charge is 0.351 e. The molecule has 0 amide bonds. The Bertz CT molecular complexity index is 804. The number of hydrogen-bond acceptors (Lipinski definition) is 6. The molecular weight excluding hydrogens is 331 g/mol. The minimum atomic E-state index is -0.963. The van der Waals surface area contributed by atoms with Crippen molar-refractivity contribution >= 4 is 11.8 Å². The summed E-state index contributed by atoms with van der Waals surface area (Å²) in [5.74, 6) is -0.931. The van der Waals surface area contributed by atoms with Gasteiger partial charge in [0, 0.05) is 5.56 Å². The Morgan fingerprint density at radius 2 is 1.96 bits per heavy atom. The third-order valence-corrected chi connectivity index (χ3v) is 3.59. The summed E-state index contributed by atoms with van der Waals surface area (Å²) in [4.78, 5) is 24.1. The van der Waals surface area contributed by atoms with Crippen LogP contribution < -0.4 is 14.2 Å². The monoisotopic (exact) mass is 346 g/mol. The van der Waals surface area contributed by atoms with E-state index in [1.54, 1.807) is 24.3 Å². The highest BCUT2D eigenvalue weighted by Gasteiger charge is 2.29. The zero-order valence-corrected chi connectivity index (χ0v) is 13.4. The number of halogens is 1. The zero-order valence-electron chi connectivity index (χ0n) is 13.4. The van der Waals surface area contributed by atoms with Gasteiger partial charge in [-0.3, -0.25) is 4.79 Å². The Morgan fingerprint density at radius 3 is 2.68 bits per heavy atom. The molecule has 0 radical (unpaired) electrons. The van der Waals surface area contributed by atoms with E-state index < -0.39 is 30.3 Å². The first-order valence-corrected chi connectivity index (χ1v) is 7.50. The third kappa shape index (κ3) is 3.71. The number of methoxy groups -OCH3 is 1. The first-order valence-electron chi connectivity index (χ1n) is 7.50. The molecule has 1 aliphatic heterocycles. The summed E-state index contributed by atoms with van der Waals surface area (Å²) in [7, 11) is 1.33. The molecule has 1 heterocycles. The fourth-order valence-corrected chi connectivity index (χ4v) is 2.29. The standard InChI is InChI=1S/C18H15FO6/c1-22-14-7-6-11(8-12(14)19)13(20)9-24-18(21)17-10-23-15-4-2-3-5-16(15)25-17/h2-8,17H,9-10H2,1H3/t17-/m1/s1. The van der Waals surface area contributed by atoms with Gasteiger partial charge in [0.05, 0.1) is 7.11 Å². The summed E-state index contributed by atoms with van der Waals surface area (Å²) in [5.41, 5.74) is 0.0808. The first kappa shape index (κ1) is 16.8. The van der Waals surface area contributed by atoms with Crippen LogP contribution in [0.15, 0.2) is 42.5 Å². The molecule has 1 aliphatic rings. The van der Waals surface area contributed by atoms with Gasteiger partial charge >= 0.3 is 5.97 Å². The number of carbonyl (C=O) groups excluding carboxylic acids is 2. The topological polar surface area (TPSA) is 71.1 Å². The van der Waals surface area contributed by atoms with E-state index in [1.165, 1.54) is 19.2 Å². The Kier molecular flexibility index (Phi) is 4.83. The van der Waals surface area contributed by atoms with Crippen LogP contribution in [0.5, 0.6) is 17.2 Å². The molecule has 6 nitrogen and oxygen atoms in total. The molecule has 0 unspecified atom stereocenters. The molecule has 3 rings (SSSR count). The van der Waals surface area contributed by atoms with Gasteiger partial charge in [0.2, 0.25) is 6.10 Å². The summed E-state index contributed by atoms with van der Waals surface area (Å²) in [6.45, 7) is -0.534. The molecule has 0 N–H and O–H groups in total. The Balaban J connectivity index is 1.57. The van der Waals surface area contributed by atoms with Crippen molar-refractivity contribution < 1.29 is 32.9 Å². The number of ketones is 1. The van der Waals surface area contributed by atoms with Gasteiger partial charge in [-0.1, -0.05) is 12.1 Å². The van der Waals surface area contributed by atoms with E-state index in [9.17, 15) is 14.0 Å². The fraction of sp³-hybridized carbons (Fsp3) is 0.222. The molecule has 0 aromatic heterocycles. The largest absolute Gasteiger partial charge is 0.494 e. The van der Waals surface area contributed by atoms with Crippen LogP contribution in [0.25, 0.3) is 0 Å². The van der Waals surface area contributed by atoms with E-state index in [0.29, 0.717) is 11.5 Å². The molecule has 0 saturated heterocycles. The Morgan fingerprint density at radius 1 is 1.20 bits per heavy atom. The van der Waals surface area contributed by atoms with Crippen LogP contribution in [-0.4, -0.2) is 38.2 Å². The van der Waals surface area contributed by atoms with Crippen LogP contribution >= 0.6 is 0 Å². The number of carbonyl (C=O) groups is 2. The molecule has 1 atom stereocenters. The number of Topliss-reactive ketones (excluding diaryl/α,β-unsaturated/α-hetero) is 1. The lowest BCUT2D eigenvalue weighted by Gasteiger charge is -2.24. The first-order chi connectivity index (χ1) is 12.1. The second-order valence-corrected chi connectivity index (χ2v) is 5.24. The van der Waals surface area contributed by atoms with Gasteiger partial charge in [0.25, 0.3) is 0 Å². The summed E-state index contributed by atoms with van der Waals surface area (Å²) >= 11 is 0. The Hall–Kier alpha value is -3.09. The van der Waals surface area contributed by atoms with Crippen LogP contribution in [0.1, 0.15) is 10.4 Å². The molecule has 0 saturated carbocycles. The van der Waals surface area contributed by atoms with Gasteiger partial charge < -0.3 is 18.9 Å². The molecule has 130 valence electrons. The van der Waals surface area contributed by atoms with Crippen LogP contribution in [0.4, 0.5) is 4.39 Å². The van der Waals surface area contributed by atoms with E-state index in [0.717, 1.165) is 6.07 Å². The number of benzene rings is 2. The van der Waals surface area contributed by atoms with Crippen molar-refractivity contribution in [3.63, 3.8) is 0 Å². The van der Waals surface area contributed by atoms with Crippen molar-refractivity contribution in [3.8, 4) is 17.2 Å². The molecule has 0 aliphatic carbocycles. The normalized spacial score (nSPS) is 15.4. The number of para-hydroxylation sites is 2. The van der Waals surface area contributed by atoms with Gasteiger partial charge in [-0.25, -0.2) is 9.18 Å². The maximum atomic E-state index is 13.6. The minimum Gasteiger partial charge on any atom is -0.494 e. The summed E-state index contributed by atoms with van der Waals surface area (Å²) in [6, 6.07) is 10.7. The second-order valence-electron chi connectivity index (χ2n) is 5.24. The SMILES string of the molecule is COc1ccc(C(=O)COC(=O)[C@H]2COc3ccccc3O2)cc1F. The fourth-order valence-electron chi connectivity index (χ4n) is 2.29. The van der Waals surface area contributed by atoms with Gasteiger partial charge in [0.1, 0.15) is 6.61 Å². The highest BCUT2D eigenvalue weighted by molar-refractivity contribution is 5.98. The maximum absolute atomic E-state index is 13.6. The summed E-state index contributed by atoms with van der Waals surface area (Å²) in [6.07, 6.45) is -0.963. The molecule has 25 heavy (non-hydrogen) atoms. The van der Waals surface area contributed by atoms with Gasteiger partial charge in [-0.05, 0) is 30.3 Å². The molecule has 2 aromatic rings. The lowest BCUT2D eigenvalue weighted by molar-refractivity contribution is -0.153. The predicted molar refractivity (Wildman–Crippen MR) is 84.6 cm³/mol. The van der Waals surface area contributed by atoms with E-state index in [-0.39, 0.29) is 17.9 Å². The van der Waals surface area contributed by atoms with Crippen molar-refractivity contribution in [3.05, 3.63) is 53.8 Å². The number of hydrogen-bond donors (Lipinski definition) is 0. The Labute approximate surface area is 143 Å². The number of esters is 1. The predicted octanol–water partition coefficient (Wildman–Crippen LogP) is 2.40. The molecule has 2 aromatic carbocycles. The molecule has 7 heteroatoms. The van der Waals surface area contributed by atoms with Crippen molar-refractivity contribution in [2.45, 2.75) is 6.10 Å². The second kappa shape index (κ2) is 7.21. The van der Waals surface area contributed by atoms with Gasteiger partial charge in [0.15, 0.2) is 35.5 Å². The summed E-state index contributed by atoms with van der Waals surface area (Å²) < 4.78 is 34.3. The summed E-state index contributed by atoms with van der Waals surface area (Å²) in [5, 5.41) is 0. The lowest BCUT2D eigenvalue weighted by atomic mass is 10.1. The maximum Gasteiger partial charge on any atom is 0.351 e. The van der Waals surface area contributed by atoms with E-state index >= 15 is 0 Å². The van der Waals surface area contributed by atoms with Crippen LogP contribution in [0, 0.1) is 5.82 Å². The van der Waals surface area contributed by atoms with E-state index in [1.807, 2.05) is 0 Å².